The van der Waals surface area contributed by atoms with Gasteiger partial charge in [-0.15, -0.1) is 0 Å². The van der Waals surface area contributed by atoms with E-state index in [0.29, 0.717) is 12.8 Å². The Morgan fingerprint density at radius 2 is 0.645 bits per heavy atom. The molecule has 0 radical (unpaired) electrons. The predicted octanol–water partition coefficient (Wildman–Crippen LogP) is 16.4. The Kier molecular flexibility index (Phi) is 63.0. The fourth-order valence-electron chi connectivity index (χ4n) is 15.1. The van der Waals surface area contributed by atoms with Gasteiger partial charge in [-0.1, -0.05) is 364 Å². The summed E-state index contributed by atoms with van der Waals surface area (Å²) >= 11 is 0. The number of carbonyl (C=O) groups is 1. The third-order valence-electron chi connectivity index (χ3n) is 22.2. The van der Waals surface area contributed by atoms with E-state index in [2.05, 4.69) is 67.8 Å². The van der Waals surface area contributed by atoms with Gasteiger partial charge in [-0.3, -0.25) is 4.79 Å². The van der Waals surface area contributed by atoms with Gasteiger partial charge in [0, 0.05) is 6.42 Å². The van der Waals surface area contributed by atoms with Crippen molar-refractivity contribution in [3.05, 3.63) is 48.6 Å². The minimum atomic E-state index is -1.97. The first-order valence-electron chi connectivity index (χ1n) is 44.4. The maximum Gasteiger partial charge on any atom is 0.220 e. The molecule has 3 aliphatic heterocycles. The highest BCUT2D eigenvalue weighted by atomic mass is 16.8. The second-order valence-corrected chi connectivity index (χ2v) is 31.7. The molecular weight excluding hydrogens is 1360 g/mol. The molecule has 3 saturated heterocycles. The molecule has 3 fully saturated rings. The van der Waals surface area contributed by atoms with Crippen LogP contribution < -0.4 is 5.32 Å². The first kappa shape index (κ1) is 98.9. The van der Waals surface area contributed by atoms with E-state index in [9.17, 15) is 61.0 Å². The summed E-state index contributed by atoms with van der Waals surface area (Å²) in [5.74, 6) is -0.234. The molecule has 17 unspecified atom stereocenters. The minimum Gasteiger partial charge on any atom is -0.394 e. The molecule has 0 spiro atoms. The lowest BCUT2D eigenvalue weighted by Crippen LogP contribution is -2.66. The van der Waals surface area contributed by atoms with Crippen LogP contribution in [0.25, 0.3) is 0 Å². The third-order valence-corrected chi connectivity index (χ3v) is 22.2. The third kappa shape index (κ3) is 47.3. The summed E-state index contributed by atoms with van der Waals surface area (Å²) in [5, 5.41) is 121. The smallest absolute Gasteiger partial charge is 0.220 e. The van der Waals surface area contributed by atoms with Crippen LogP contribution in [0.4, 0.5) is 0 Å². The van der Waals surface area contributed by atoms with E-state index in [1.165, 1.54) is 270 Å². The van der Waals surface area contributed by atoms with Crippen LogP contribution in [0.5, 0.6) is 0 Å². The summed E-state index contributed by atoms with van der Waals surface area (Å²) in [6.07, 6.45) is 60.8. The first-order chi connectivity index (χ1) is 52.3. The molecule has 0 bridgehead atoms. The van der Waals surface area contributed by atoms with Gasteiger partial charge >= 0.3 is 0 Å². The number of ether oxygens (including phenoxy) is 6. The molecule has 19 nitrogen and oxygen atoms in total. The molecule has 0 aliphatic carbocycles. The predicted molar refractivity (Wildman–Crippen MR) is 429 cm³/mol. The number of rotatable bonds is 72. The average molecular weight is 1520 g/mol. The van der Waals surface area contributed by atoms with Crippen LogP contribution in [0.2, 0.25) is 0 Å². The molecule has 0 aromatic heterocycles. The fraction of sp³-hybridized carbons (Fsp3) is 0.898. The summed E-state index contributed by atoms with van der Waals surface area (Å²) in [6, 6.07) is -0.888. The van der Waals surface area contributed by atoms with Crippen molar-refractivity contribution in [2.24, 2.45) is 0 Å². The number of aliphatic hydroxyl groups is 11. The molecule has 3 heterocycles. The molecule has 1 amide bonds. The maximum atomic E-state index is 13.5. The highest BCUT2D eigenvalue weighted by Crippen LogP contribution is 2.34. The summed E-state index contributed by atoms with van der Waals surface area (Å²) in [4.78, 5) is 13.5. The van der Waals surface area contributed by atoms with Gasteiger partial charge in [-0.2, -0.15) is 0 Å². The number of aliphatic hydroxyl groups excluding tert-OH is 11. The summed E-state index contributed by atoms with van der Waals surface area (Å²) < 4.78 is 34.6. The topological polar surface area (TPSA) is 307 Å². The fourth-order valence-corrected chi connectivity index (χ4v) is 15.1. The van der Waals surface area contributed by atoms with E-state index in [0.717, 1.165) is 70.6 Å². The zero-order valence-electron chi connectivity index (χ0n) is 67.6. The van der Waals surface area contributed by atoms with Crippen molar-refractivity contribution in [1.29, 1.82) is 0 Å². The van der Waals surface area contributed by atoms with Crippen LogP contribution in [0.15, 0.2) is 48.6 Å². The Hall–Kier alpha value is -2.25. The van der Waals surface area contributed by atoms with E-state index >= 15 is 0 Å². The molecule has 19 heteroatoms. The van der Waals surface area contributed by atoms with Crippen molar-refractivity contribution in [3.63, 3.8) is 0 Å². The van der Waals surface area contributed by atoms with Gasteiger partial charge in [0.25, 0.3) is 0 Å². The van der Waals surface area contributed by atoms with Gasteiger partial charge in [0.05, 0.1) is 38.6 Å². The SMILES string of the molecule is CC/C=C\C/C=C\C/C=C\C/C=C\CCCCCCCCCCCCCCCCCCCCCCCCCCC(=O)NC(COC1OC(CO)C(OC2OC(CO)C(OC3OC(CO)C(O)C(O)C3O)C(O)C2O)C(O)C1O)C(O)CCCCCCCCCCCCCCCCCCCCCCCCCCC. The van der Waals surface area contributed by atoms with Crippen molar-refractivity contribution in [1.82, 2.24) is 5.32 Å². The van der Waals surface area contributed by atoms with E-state index in [4.69, 9.17) is 28.4 Å². The van der Waals surface area contributed by atoms with E-state index in [1.807, 2.05) is 0 Å². The number of nitrogens with one attached hydrogen (secondary N) is 1. The van der Waals surface area contributed by atoms with Gasteiger partial charge in [0.15, 0.2) is 18.9 Å². The minimum absolute atomic E-state index is 0.234. The number of amides is 1. The Balaban J connectivity index is 1.31. The van der Waals surface area contributed by atoms with Gasteiger partial charge in [0.2, 0.25) is 5.91 Å². The number of hydrogen-bond donors (Lipinski definition) is 12. The summed E-state index contributed by atoms with van der Waals surface area (Å²) in [5.41, 5.74) is 0. The average Bonchev–Trinajstić information content (AvgIpc) is 0.781. The molecule has 107 heavy (non-hydrogen) atoms. The lowest BCUT2D eigenvalue weighted by atomic mass is 9.96. The van der Waals surface area contributed by atoms with E-state index < -0.39 is 124 Å². The largest absolute Gasteiger partial charge is 0.394 e. The molecule has 3 aliphatic rings. The zero-order valence-corrected chi connectivity index (χ0v) is 67.6. The van der Waals surface area contributed by atoms with Crippen molar-refractivity contribution in [3.8, 4) is 0 Å². The van der Waals surface area contributed by atoms with Crippen molar-refractivity contribution in [2.75, 3.05) is 26.4 Å². The normalized spacial score (nSPS) is 25.7. The maximum absolute atomic E-state index is 13.5. The number of unbranched alkanes of at least 4 members (excludes halogenated alkanes) is 48. The molecule has 0 aromatic carbocycles. The quantitative estimate of drug-likeness (QED) is 0.0199. The monoisotopic (exact) mass is 1520 g/mol. The molecule has 3 rings (SSSR count). The lowest BCUT2D eigenvalue weighted by Gasteiger charge is -2.48. The molecule has 0 saturated carbocycles. The molecule has 12 N–H and O–H groups in total. The van der Waals surface area contributed by atoms with Gasteiger partial charge < -0.3 is 89.9 Å². The molecule has 0 aromatic rings. The number of carbonyl (C=O) groups excluding carboxylic acids is 1. The summed E-state index contributed by atoms with van der Waals surface area (Å²) in [7, 11) is 0. The number of hydrogen-bond acceptors (Lipinski definition) is 18. The van der Waals surface area contributed by atoms with Crippen LogP contribution in [-0.2, 0) is 33.2 Å². The zero-order chi connectivity index (χ0) is 77.4. The van der Waals surface area contributed by atoms with Crippen LogP contribution in [-0.4, -0.2) is 193 Å². The van der Waals surface area contributed by atoms with Crippen molar-refractivity contribution >= 4 is 5.91 Å². The van der Waals surface area contributed by atoms with E-state index in [1.54, 1.807) is 0 Å². The van der Waals surface area contributed by atoms with Crippen LogP contribution in [0, 0.1) is 0 Å². The molecule has 17 atom stereocenters. The second-order valence-electron chi connectivity index (χ2n) is 31.7. The lowest BCUT2D eigenvalue weighted by molar-refractivity contribution is -0.379. The highest BCUT2D eigenvalue weighted by molar-refractivity contribution is 5.76. The summed E-state index contributed by atoms with van der Waals surface area (Å²) in [6.45, 7) is 1.75. The Bertz CT molecular complexity index is 2120. The Labute approximate surface area is 650 Å². The Morgan fingerprint density at radius 1 is 0.346 bits per heavy atom. The van der Waals surface area contributed by atoms with Crippen molar-refractivity contribution in [2.45, 2.75) is 478 Å². The first-order valence-corrected chi connectivity index (χ1v) is 44.4. The van der Waals surface area contributed by atoms with Gasteiger partial charge in [-0.25, -0.2) is 0 Å². The standard InChI is InChI=1S/C88H163NO18/c1-3-5-7-9-11-13-15-17-19-21-23-25-27-29-30-31-32-33-34-35-36-37-38-39-40-42-44-46-48-50-52-54-56-58-60-62-64-66-76(94)89-71(72(93)65-63-61-59-57-55-53-51-49-47-45-43-41-28-26-24-22-20-18-16-14-12-10-8-6-4-2)70-102-86-82(100)79(97)84(74(68-91)104-86)107-88-83(101)80(98)85(75(69-92)105-88)106-87-81(99)78(96)77(95)73(67-90)103-87/h5,7,11,13,17,19,23,25,71-75,77-88,90-93,95-101H,3-4,6,8-10,12,14-16,18,20-22,24,26-70H2,1-2H3,(H,89,94)/b7-5-,13-11-,19-17-,25-23-. The van der Waals surface area contributed by atoms with Gasteiger partial charge in [0.1, 0.15) is 73.2 Å². The molecular formula is C88H163NO18. The van der Waals surface area contributed by atoms with Crippen molar-refractivity contribution < 1.29 is 89.4 Å². The van der Waals surface area contributed by atoms with Crippen LogP contribution in [0.3, 0.4) is 0 Å². The van der Waals surface area contributed by atoms with Crippen LogP contribution >= 0.6 is 0 Å². The second kappa shape index (κ2) is 68.2. The van der Waals surface area contributed by atoms with E-state index in [-0.39, 0.29) is 18.9 Å². The number of allylic oxidation sites excluding steroid dienone is 8. The highest BCUT2D eigenvalue weighted by Gasteiger charge is 2.54. The van der Waals surface area contributed by atoms with Gasteiger partial charge in [-0.05, 0) is 51.4 Å². The van der Waals surface area contributed by atoms with Crippen LogP contribution in [0.1, 0.15) is 373 Å². The molecule has 628 valence electrons. The Morgan fingerprint density at radius 3 is 1.01 bits per heavy atom.